The van der Waals surface area contributed by atoms with Crippen LogP contribution in [0.5, 0.6) is 5.88 Å². The van der Waals surface area contributed by atoms with Gasteiger partial charge in [-0.3, -0.25) is 9.59 Å². The molecule has 0 aliphatic carbocycles. The number of nitrogens with one attached hydrogen (secondary N) is 1. The standard InChI is InChI=1S/C18H20N2O5/c1-23-8-9-24-10-11-25-17-7-6-15(12-19-17)20-18(22)16-5-3-2-4-14(16)13-21/h2-7,12-13H,8-11H2,1H3,(H,20,22). The Labute approximate surface area is 145 Å². The molecule has 0 bridgehead atoms. The Hall–Kier alpha value is -2.77. The van der Waals surface area contributed by atoms with E-state index in [-0.39, 0.29) is 5.91 Å². The zero-order valence-corrected chi connectivity index (χ0v) is 13.9. The molecule has 0 spiro atoms. The van der Waals surface area contributed by atoms with Crippen molar-refractivity contribution in [2.24, 2.45) is 0 Å². The molecule has 1 heterocycles. The number of carbonyl (C=O) groups excluding carboxylic acids is 2. The largest absolute Gasteiger partial charge is 0.475 e. The zero-order valence-electron chi connectivity index (χ0n) is 13.9. The van der Waals surface area contributed by atoms with Gasteiger partial charge in [-0.15, -0.1) is 0 Å². The third kappa shape index (κ3) is 5.98. The highest BCUT2D eigenvalue weighted by Gasteiger charge is 2.10. The maximum atomic E-state index is 12.2. The number of rotatable bonds is 10. The highest BCUT2D eigenvalue weighted by molar-refractivity contribution is 6.08. The van der Waals surface area contributed by atoms with E-state index in [4.69, 9.17) is 14.2 Å². The summed E-state index contributed by atoms with van der Waals surface area (Å²) in [6.07, 6.45) is 2.14. The van der Waals surface area contributed by atoms with Crippen LogP contribution in [0.4, 0.5) is 5.69 Å². The molecule has 0 unspecified atom stereocenters. The summed E-state index contributed by atoms with van der Waals surface area (Å²) >= 11 is 0. The lowest BCUT2D eigenvalue weighted by Crippen LogP contribution is -2.14. The molecule has 25 heavy (non-hydrogen) atoms. The molecular weight excluding hydrogens is 324 g/mol. The molecule has 1 N–H and O–H groups in total. The minimum absolute atomic E-state index is 0.311. The van der Waals surface area contributed by atoms with Crippen molar-refractivity contribution in [1.29, 1.82) is 0 Å². The van der Waals surface area contributed by atoms with Crippen LogP contribution in [0.2, 0.25) is 0 Å². The number of anilines is 1. The first-order chi connectivity index (χ1) is 12.2. The summed E-state index contributed by atoms with van der Waals surface area (Å²) in [6, 6.07) is 9.91. The van der Waals surface area contributed by atoms with Crippen molar-refractivity contribution in [3.63, 3.8) is 0 Å². The van der Waals surface area contributed by atoms with E-state index in [1.807, 2.05) is 0 Å². The van der Waals surface area contributed by atoms with Crippen LogP contribution in [0, 0.1) is 0 Å². The van der Waals surface area contributed by atoms with Crippen molar-refractivity contribution in [2.75, 3.05) is 38.9 Å². The molecule has 2 aromatic rings. The summed E-state index contributed by atoms with van der Waals surface area (Å²) in [5.41, 5.74) is 1.15. The van der Waals surface area contributed by atoms with Gasteiger partial charge in [0.05, 0.1) is 37.3 Å². The SMILES string of the molecule is COCCOCCOc1ccc(NC(=O)c2ccccc2C=O)cn1. The Morgan fingerprint density at radius 2 is 1.92 bits per heavy atom. The van der Waals surface area contributed by atoms with Gasteiger partial charge in [0.1, 0.15) is 6.61 Å². The molecule has 1 amide bonds. The van der Waals surface area contributed by atoms with Gasteiger partial charge < -0.3 is 19.5 Å². The molecule has 132 valence electrons. The maximum absolute atomic E-state index is 12.2. The molecule has 0 aliphatic rings. The summed E-state index contributed by atoms with van der Waals surface area (Å²) in [7, 11) is 1.61. The van der Waals surface area contributed by atoms with Gasteiger partial charge in [0.2, 0.25) is 5.88 Å². The number of pyridine rings is 1. The van der Waals surface area contributed by atoms with Crippen molar-refractivity contribution < 1.29 is 23.8 Å². The quantitative estimate of drug-likeness (QED) is 0.525. The third-order valence-corrected chi connectivity index (χ3v) is 3.24. The number of aromatic nitrogens is 1. The number of methoxy groups -OCH3 is 1. The Morgan fingerprint density at radius 3 is 2.64 bits per heavy atom. The average molecular weight is 344 g/mol. The topological polar surface area (TPSA) is 86.8 Å². The average Bonchev–Trinajstić information content (AvgIpc) is 2.65. The van der Waals surface area contributed by atoms with Gasteiger partial charge in [0.15, 0.2) is 6.29 Å². The van der Waals surface area contributed by atoms with Crippen molar-refractivity contribution in [1.82, 2.24) is 4.98 Å². The van der Waals surface area contributed by atoms with E-state index >= 15 is 0 Å². The van der Waals surface area contributed by atoms with Gasteiger partial charge >= 0.3 is 0 Å². The number of aldehydes is 1. The fraction of sp³-hybridized carbons (Fsp3) is 0.278. The van der Waals surface area contributed by atoms with E-state index in [1.54, 1.807) is 43.5 Å². The van der Waals surface area contributed by atoms with Crippen molar-refractivity contribution >= 4 is 17.9 Å². The molecule has 7 nitrogen and oxygen atoms in total. The molecule has 2 rings (SSSR count). The third-order valence-electron chi connectivity index (χ3n) is 3.24. The molecular formula is C18H20N2O5. The van der Waals surface area contributed by atoms with Crippen LogP contribution >= 0.6 is 0 Å². The Kier molecular flexibility index (Phi) is 7.55. The van der Waals surface area contributed by atoms with Gasteiger partial charge in [-0.1, -0.05) is 18.2 Å². The smallest absolute Gasteiger partial charge is 0.256 e. The normalized spacial score (nSPS) is 10.3. The van der Waals surface area contributed by atoms with Crippen LogP contribution in [-0.4, -0.2) is 50.7 Å². The fourth-order valence-electron chi connectivity index (χ4n) is 1.99. The minimum Gasteiger partial charge on any atom is -0.475 e. The van der Waals surface area contributed by atoms with E-state index in [0.29, 0.717) is 55.4 Å². The number of hydrogen-bond acceptors (Lipinski definition) is 6. The van der Waals surface area contributed by atoms with Crippen LogP contribution in [0.25, 0.3) is 0 Å². The van der Waals surface area contributed by atoms with Crippen molar-refractivity contribution in [2.45, 2.75) is 0 Å². The second-order valence-electron chi connectivity index (χ2n) is 5.00. The van der Waals surface area contributed by atoms with Gasteiger partial charge in [-0.2, -0.15) is 0 Å². The lowest BCUT2D eigenvalue weighted by atomic mass is 10.1. The summed E-state index contributed by atoms with van der Waals surface area (Å²) < 4.78 is 15.6. The highest BCUT2D eigenvalue weighted by Crippen LogP contribution is 2.14. The number of ether oxygens (including phenoxy) is 3. The number of nitrogens with zero attached hydrogens (tertiary/aromatic N) is 1. The van der Waals surface area contributed by atoms with E-state index in [9.17, 15) is 9.59 Å². The van der Waals surface area contributed by atoms with Gasteiger partial charge in [0, 0.05) is 18.7 Å². The molecule has 0 radical (unpaired) electrons. The van der Waals surface area contributed by atoms with Gasteiger partial charge in [-0.05, 0) is 12.1 Å². The first-order valence-corrected chi connectivity index (χ1v) is 7.75. The second kappa shape index (κ2) is 10.2. The van der Waals surface area contributed by atoms with Gasteiger partial charge in [-0.25, -0.2) is 4.98 Å². The number of benzene rings is 1. The molecule has 7 heteroatoms. The number of amides is 1. The number of carbonyl (C=O) groups is 2. The highest BCUT2D eigenvalue weighted by atomic mass is 16.5. The molecule has 0 saturated carbocycles. The monoisotopic (exact) mass is 344 g/mol. The minimum atomic E-state index is -0.371. The molecule has 0 fully saturated rings. The van der Waals surface area contributed by atoms with Crippen molar-refractivity contribution in [3.05, 3.63) is 53.7 Å². The fourth-order valence-corrected chi connectivity index (χ4v) is 1.99. The maximum Gasteiger partial charge on any atom is 0.256 e. The predicted molar refractivity (Wildman–Crippen MR) is 92.2 cm³/mol. The number of hydrogen-bond donors (Lipinski definition) is 1. The van der Waals surface area contributed by atoms with E-state index in [1.165, 1.54) is 6.20 Å². The molecule has 1 aromatic carbocycles. The molecule has 0 atom stereocenters. The van der Waals surface area contributed by atoms with E-state index in [0.717, 1.165) is 0 Å². The molecule has 0 aliphatic heterocycles. The lowest BCUT2D eigenvalue weighted by molar-refractivity contribution is 0.0537. The Balaban J connectivity index is 1.83. The van der Waals surface area contributed by atoms with E-state index < -0.39 is 0 Å². The predicted octanol–water partition coefficient (Wildman–Crippen LogP) is 2.19. The second-order valence-corrected chi connectivity index (χ2v) is 5.00. The summed E-state index contributed by atoms with van der Waals surface area (Å²) in [6.45, 7) is 1.86. The molecule has 1 aromatic heterocycles. The zero-order chi connectivity index (χ0) is 17.9. The summed E-state index contributed by atoms with van der Waals surface area (Å²) in [5, 5.41) is 2.70. The van der Waals surface area contributed by atoms with Crippen LogP contribution < -0.4 is 10.1 Å². The van der Waals surface area contributed by atoms with Crippen LogP contribution in [-0.2, 0) is 9.47 Å². The first kappa shape index (κ1) is 18.6. The van der Waals surface area contributed by atoms with Crippen molar-refractivity contribution in [3.8, 4) is 5.88 Å². The van der Waals surface area contributed by atoms with Crippen LogP contribution in [0.3, 0.4) is 0 Å². The molecule has 0 saturated heterocycles. The summed E-state index contributed by atoms with van der Waals surface area (Å²) in [4.78, 5) is 27.3. The lowest BCUT2D eigenvalue weighted by Gasteiger charge is -2.09. The van der Waals surface area contributed by atoms with Crippen LogP contribution in [0.15, 0.2) is 42.6 Å². The summed E-state index contributed by atoms with van der Waals surface area (Å²) in [5.74, 6) is 0.0614. The van der Waals surface area contributed by atoms with Crippen LogP contribution in [0.1, 0.15) is 20.7 Å². The van der Waals surface area contributed by atoms with Gasteiger partial charge in [0.25, 0.3) is 5.91 Å². The first-order valence-electron chi connectivity index (χ1n) is 7.75. The Bertz CT molecular complexity index is 688. The van der Waals surface area contributed by atoms with E-state index in [2.05, 4.69) is 10.3 Å². The Morgan fingerprint density at radius 1 is 1.12 bits per heavy atom.